The lowest BCUT2D eigenvalue weighted by Crippen LogP contribution is -2.25. The lowest BCUT2D eigenvalue weighted by Gasteiger charge is -2.06. The molecule has 0 bridgehead atoms. The molecular formula is C14H17N3O4S. The Morgan fingerprint density at radius 1 is 1.14 bits per heavy atom. The Morgan fingerprint density at radius 2 is 1.82 bits per heavy atom. The average Bonchev–Trinajstić information content (AvgIpc) is 2.46. The van der Waals surface area contributed by atoms with Crippen molar-refractivity contribution in [3.8, 4) is 0 Å². The van der Waals surface area contributed by atoms with Crippen molar-refractivity contribution in [3.63, 3.8) is 0 Å². The molecule has 0 saturated heterocycles. The molecular weight excluding hydrogens is 306 g/mol. The van der Waals surface area contributed by atoms with Gasteiger partial charge in [0.05, 0.1) is 10.6 Å². The summed E-state index contributed by atoms with van der Waals surface area (Å²) in [6, 6.07) is 6.69. The molecule has 1 aromatic carbocycles. The molecule has 0 atom stereocenters. The van der Waals surface area contributed by atoms with Gasteiger partial charge < -0.3 is 10.3 Å². The molecule has 2 aromatic rings. The quantitative estimate of drug-likeness (QED) is 0.676. The number of aromatic nitrogens is 2. The topological polar surface area (TPSA) is 112 Å². The summed E-state index contributed by atoms with van der Waals surface area (Å²) in [6.45, 7) is 2.20. The molecule has 0 aliphatic carbocycles. The van der Waals surface area contributed by atoms with Crippen molar-refractivity contribution in [2.45, 2.75) is 18.2 Å². The maximum Gasteiger partial charge on any atom is 0.325 e. The maximum absolute atomic E-state index is 12.1. The number of hydrogen-bond acceptors (Lipinski definition) is 5. The average molecular weight is 323 g/mol. The minimum absolute atomic E-state index is 0.0235. The fraction of sp³-hybridized carbons (Fsp3) is 0.286. The van der Waals surface area contributed by atoms with Crippen LogP contribution in [0.1, 0.15) is 12.0 Å². The summed E-state index contributed by atoms with van der Waals surface area (Å²) in [5, 5.41) is 2.79. The minimum Gasteiger partial charge on any atom is -0.379 e. The molecule has 8 heteroatoms. The highest BCUT2D eigenvalue weighted by atomic mass is 32.2. The molecule has 1 heterocycles. The van der Waals surface area contributed by atoms with E-state index in [9.17, 15) is 18.0 Å². The Labute approximate surface area is 127 Å². The highest BCUT2D eigenvalue weighted by Crippen LogP contribution is 2.13. The van der Waals surface area contributed by atoms with E-state index in [0.717, 1.165) is 5.56 Å². The normalized spacial score (nSPS) is 11.3. The van der Waals surface area contributed by atoms with E-state index in [1.807, 2.05) is 6.92 Å². The summed E-state index contributed by atoms with van der Waals surface area (Å²) in [4.78, 5) is 27.0. The summed E-state index contributed by atoms with van der Waals surface area (Å²) >= 11 is 0. The fourth-order valence-electron chi connectivity index (χ4n) is 1.89. The van der Waals surface area contributed by atoms with Gasteiger partial charge in [-0.1, -0.05) is 17.7 Å². The first-order chi connectivity index (χ1) is 10.4. The van der Waals surface area contributed by atoms with Crippen LogP contribution in [0.15, 0.2) is 44.9 Å². The van der Waals surface area contributed by atoms with Gasteiger partial charge in [0.2, 0.25) is 0 Å². The van der Waals surface area contributed by atoms with E-state index >= 15 is 0 Å². The number of sulfone groups is 1. The predicted molar refractivity (Wildman–Crippen MR) is 84.0 cm³/mol. The summed E-state index contributed by atoms with van der Waals surface area (Å²) in [7, 11) is -3.33. The van der Waals surface area contributed by atoms with Gasteiger partial charge in [-0.25, -0.2) is 13.2 Å². The number of aromatic amines is 2. The largest absolute Gasteiger partial charge is 0.379 e. The Bertz CT molecular complexity index is 851. The van der Waals surface area contributed by atoms with E-state index < -0.39 is 21.1 Å². The molecule has 118 valence electrons. The molecule has 0 spiro atoms. The van der Waals surface area contributed by atoms with Crippen LogP contribution in [0.5, 0.6) is 0 Å². The van der Waals surface area contributed by atoms with E-state index in [1.165, 1.54) is 6.20 Å². The maximum atomic E-state index is 12.1. The molecule has 0 aliphatic rings. The zero-order valence-electron chi connectivity index (χ0n) is 12.0. The number of benzene rings is 1. The van der Waals surface area contributed by atoms with Crippen molar-refractivity contribution in [1.82, 2.24) is 9.97 Å². The molecule has 1 aromatic heterocycles. The van der Waals surface area contributed by atoms with Crippen LogP contribution in [0, 0.1) is 6.92 Å². The van der Waals surface area contributed by atoms with Gasteiger partial charge in [-0.2, -0.15) is 0 Å². The van der Waals surface area contributed by atoms with E-state index in [1.54, 1.807) is 24.3 Å². The summed E-state index contributed by atoms with van der Waals surface area (Å²) in [5.74, 6) is -0.0235. The van der Waals surface area contributed by atoms with Crippen LogP contribution in [0.25, 0.3) is 0 Å². The zero-order chi connectivity index (χ0) is 16.2. The lowest BCUT2D eigenvalue weighted by molar-refractivity contribution is 0.594. The number of anilines is 1. The molecule has 7 nitrogen and oxygen atoms in total. The number of H-pyrrole nitrogens is 2. The van der Waals surface area contributed by atoms with Crippen LogP contribution < -0.4 is 16.6 Å². The predicted octanol–water partition coefficient (Wildman–Crippen LogP) is 0.648. The third-order valence-corrected chi connectivity index (χ3v) is 4.92. The van der Waals surface area contributed by atoms with E-state index in [4.69, 9.17) is 0 Å². The third kappa shape index (κ3) is 4.08. The van der Waals surface area contributed by atoms with Gasteiger partial charge in [0.25, 0.3) is 5.56 Å². The van der Waals surface area contributed by atoms with Crippen LogP contribution in [0.3, 0.4) is 0 Å². The Hall–Kier alpha value is -2.35. The smallest absolute Gasteiger partial charge is 0.325 e. The summed E-state index contributed by atoms with van der Waals surface area (Å²) in [5.41, 5.74) is 0.0767. The standard InChI is InChI=1S/C14H17N3O4S/c1-10-3-5-11(6-4-10)22(20,21)8-2-7-15-12-9-16-14(19)17-13(12)18/h3-6,9,15H,2,7-8H2,1H3,(H2,16,17,18,19). The van der Waals surface area contributed by atoms with Crippen molar-refractivity contribution in [2.75, 3.05) is 17.6 Å². The highest BCUT2D eigenvalue weighted by molar-refractivity contribution is 7.91. The van der Waals surface area contributed by atoms with E-state index in [0.29, 0.717) is 17.9 Å². The Morgan fingerprint density at radius 3 is 2.45 bits per heavy atom. The molecule has 2 rings (SSSR count). The van der Waals surface area contributed by atoms with E-state index in [-0.39, 0.29) is 11.4 Å². The summed E-state index contributed by atoms with van der Waals surface area (Å²) in [6.07, 6.45) is 1.60. The monoisotopic (exact) mass is 323 g/mol. The number of nitrogens with one attached hydrogen (secondary N) is 3. The second kappa shape index (κ2) is 6.61. The molecule has 0 saturated carbocycles. The second-order valence-electron chi connectivity index (χ2n) is 4.90. The molecule has 22 heavy (non-hydrogen) atoms. The number of rotatable bonds is 6. The SMILES string of the molecule is Cc1ccc(S(=O)(=O)CCCNc2c[nH]c(=O)[nH]c2=O)cc1. The zero-order valence-corrected chi connectivity index (χ0v) is 12.9. The van der Waals surface area contributed by atoms with Crippen LogP contribution in [0.2, 0.25) is 0 Å². The van der Waals surface area contributed by atoms with Gasteiger partial charge in [0, 0.05) is 12.7 Å². The van der Waals surface area contributed by atoms with Gasteiger partial charge in [-0.05, 0) is 25.5 Å². The van der Waals surface area contributed by atoms with Gasteiger partial charge in [0.1, 0.15) is 5.69 Å². The van der Waals surface area contributed by atoms with Gasteiger partial charge >= 0.3 is 5.69 Å². The van der Waals surface area contributed by atoms with Crippen LogP contribution in [0.4, 0.5) is 5.69 Å². The minimum atomic E-state index is -3.33. The number of aryl methyl sites for hydroxylation is 1. The first-order valence-corrected chi connectivity index (χ1v) is 8.39. The van der Waals surface area contributed by atoms with Crippen molar-refractivity contribution < 1.29 is 8.42 Å². The van der Waals surface area contributed by atoms with Crippen molar-refractivity contribution in [1.29, 1.82) is 0 Å². The molecule has 0 amide bonds. The highest BCUT2D eigenvalue weighted by Gasteiger charge is 2.13. The molecule has 0 aliphatic heterocycles. The van der Waals surface area contributed by atoms with Crippen molar-refractivity contribution in [3.05, 3.63) is 56.9 Å². The molecule has 0 fully saturated rings. The first kappa shape index (κ1) is 16.0. The fourth-order valence-corrected chi connectivity index (χ4v) is 3.20. The van der Waals surface area contributed by atoms with Crippen LogP contribution >= 0.6 is 0 Å². The molecule has 0 radical (unpaired) electrons. The van der Waals surface area contributed by atoms with Crippen molar-refractivity contribution in [2.24, 2.45) is 0 Å². The van der Waals surface area contributed by atoms with Crippen molar-refractivity contribution >= 4 is 15.5 Å². The van der Waals surface area contributed by atoms with E-state index in [2.05, 4.69) is 15.3 Å². The lowest BCUT2D eigenvalue weighted by atomic mass is 10.2. The van der Waals surface area contributed by atoms with Crippen LogP contribution in [-0.2, 0) is 9.84 Å². The molecule has 3 N–H and O–H groups in total. The van der Waals surface area contributed by atoms with Gasteiger partial charge in [-0.15, -0.1) is 0 Å². The summed E-state index contributed by atoms with van der Waals surface area (Å²) < 4.78 is 24.2. The first-order valence-electron chi connectivity index (χ1n) is 6.74. The Balaban J connectivity index is 1.91. The molecule has 0 unspecified atom stereocenters. The van der Waals surface area contributed by atoms with Gasteiger partial charge in [-0.3, -0.25) is 9.78 Å². The third-order valence-electron chi connectivity index (χ3n) is 3.10. The number of hydrogen-bond donors (Lipinski definition) is 3. The van der Waals surface area contributed by atoms with Crippen LogP contribution in [-0.4, -0.2) is 30.7 Å². The Kier molecular flexibility index (Phi) is 4.81. The van der Waals surface area contributed by atoms with Gasteiger partial charge in [0.15, 0.2) is 9.84 Å². The second-order valence-corrected chi connectivity index (χ2v) is 7.01.